The molecule has 0 bridgehead atoms. The zero-order valence-corrected chi connectivity index (χ0v) is 41.8. The summed E-state index contributed by atoms with van der Waals surface area (Å²) in [5.41, 5.74) is 2.41. The zero-order valence-electron chi connectivity index (χ0n) is 37.3. The van der Waals surface area contributed by atoms with Crippen molar-refractivity contribution in [3.8, 4) is 0 Å². The van der Waals surface area contributed by atoms with E-state index in [1.807, 2.05) is 36.4 Å². The smallest absolute Gasteiger partial charge is 0.550 e. The molecule has 0 saturated heterocycles. The van der Waals surface area contributed by atoms with E-state index in [9.17, 15) is 30.0 Å². The molecular weight excluding hydrogens is 866 g/mol. The Balaban J connectivity index is 0.00000112. The number of hydrogen-bond donors (Lipinski definition) is 2. The summed E-state index contributed by atoms with van der Waals surface area (Å²) >= 11 is 0. The van der Waals surface area contributed by atoms with Gasteiger partial charge in [0.05, 0.1) is 37.6 Å². The Morgan fingerprint density at radius 2 is 0.746 bits per heavy atom. The molecule has 2 N–H and O–H groups in total. The molecule has 4 atom stereocenters. The Kier molecular flexibility index (Phi) is 41.2. The summed E-state index contributed by atoms with van der Waals surface area (Å²) in [6.45, 7) is 5.79. The Bertz CT molecular complexity index is 1110. The minimum Gasteiger partial charge on any atom is -0.550 e. The van der Waals surface area contributed by atoms with Gasteiger partial charge >= 0.3 is 48.9 Å². The molecule has 0 aromatic heterocycles. The monoisotopic (exact) mass is 949 g/mol. The molecule has 0 heterocycles. The van der Waals surface area contributed by atoms with Crippen molar-refractivity contribution < 1.29 is 39.5 Å². The largest absolute Gasteiger partial charge is 2.00 e. The minimum atomic E-state index is -1.09. The van der Waals surface area contributed by atoms with Crippen LogP contribution in [0.3, 0.4) is 0 Å². The number of carboxylic acids is 2. The molecule has 0 saturated carbocycles. The van der Waals surface area contributed by atoms with Crippen LogP contribution in [-0.4, -0.2) is 95.4 Å². The maximum atomic E-state index is 10.5. The fourth-order valence-corrected chi connectivity index (χ4v) is 7.22. The molecule has 59 heavy (non-hydrogen) atoms. The molecule has 2 rings (SSSR count). The first-order valence-corrected chi connectivity index (χ1v) is 23.3. The topological polar surface area (TPSA) is 139 Å². The van der Waals surface area contributed by atoms with E-state index in [1.54, 1.807) is 0 Å². The Hall–Kier alpha value is -1.21. The number of ether oxygens (including phenoxy) is 2. The van der Waals surface area contributed by atoms with Gasteiger partial charge in [0.25, 0.3) is 0 Å². The number of aliphatic hydroxyl groups excluding tert-OH is 2. The van der Waals surface area contributed by atoms with Crippen molar-refractivity contribution in [1.82, 2.24) is 0 Å². The molecule has 0 aliphatic rings. The summed E-state index contributed by atoms with van der Waals surface area (Å²) in [5, 5.41) is 40.7. The zero-order chi connectivity index (χ0) is 42.3. The van der Waals surface area contributed by atoms with E-state index < -0.39 is 24.1 Å². The second-order valence-electron chi connectivity index (χ2n) is 16.4. The van der Waals surface area contributed by atoms with E-state index >= 15 is 0 Å². The van der Waals surface area contributed by atoms with Gasteiger partial charge in [0.15, 0.2) is 0 Å². The minimum absolute atomic E-state index is 0. The van der Waals surface area contributed by atoms with Crippen LogP contribution in [0.4, 0.5) is 0 Å². The van der Waals surface area contributed by atoms with E-state index in [1.165, 1.54) is 101 Å². The van der Waals surface area contributed by atoms with Gasteiger partial charge in [-0.15, -0.1) is 0 Å². The molecule has 0 aliphatic heterocycles. The van der Waals surface area contributed by atoms with Gasteiger partial charge in [-0.25, -0.2) is 0 Å². The van der Waals surface area contributed by atoms with Crippen molar-refractivity contribution in [2.24, 2.45) is 0 Å². The molecule has 8 nitrogen and oxygen atoms in total. The van der Waals surface area contributed by atoms with Crippen molar-refractivity contribution in [2.45, 2.75) is 231 Å². The van der Waals surface area contributed by atoms with E-state index in [2.05, 4.69) is 38.1 Å². The standard InChI is InChI=1S/2C25H42O4.Ba/c2*1-2-3-4-5-6-7-11-17-24(29-21-22-14-9-8-10-15-22)18-13-12-16-23(26)19-20-25(27)28;/h2*8-10,14-15,23-24,26H,2-7,11-13,16-21H2,1H3,(H,27,28);/q;;+2/p-2. The number of carboxylic acid groups (broad SMARTS) is 2. The summed E-state index contributed by atoms with van der Waals surface area (Å²) in [5.74, 6) is -2.18. The van der Waals surface area contributed by atoms with Crippen molar-refractivity contribution in [3.63, 3.8) is 0 Å². The summed E-state index contributed by atoms with van der Waals surface area (Å²) in [7, 11) is 0. The van der Waals surface area contributed by atoms with Gasteiger partial charge in [-0.3, -0.25) is 0 Å². The summed E-state index contributed by atoms with van der Waals surface area (Å²) in [6.07, 6.45) is 27.4. The molecule has 2 aromatic rings. The predicted molar refractivity (Wildman–Crippen MR) is 238 cm³/mol. The number of unbranched alkanes of at least 4 members (excludes halogenated alkanes) is 14. The van der Waals surface area contributed by atoms with Crippen LogP contribution in [-0.2, 0) is 32.3 Å². The Morgan fingerprint density at radius 3 is 1.07 bits per heavy atom. The third kappa shape index (κ3) is 38.2. The van der Waals surface area contributed by atoms with Crippen LogP contribution in [0.5, 0.6) is 0 Å². The van der Waals surface area contributed by atoms with E-state index in [0.29, 0.717) is 26.1 Å². The summed E-state index contributed by atoms with van der Waals surface area (Å²) < 4.78 is 12.4. The van der Waals surface area contributed by atoms with Gasteiger partial charge in [-0.1, -0.05) is 190 Å². The summed E-state index contributed by atoms with van der Waals surface area (Å²) in [6, 6.07) is 20.6. The second kappa shape index (κ2) is 42.1. The van der Waals surface area contributed by atoms with Crippen LogP contribution in [0.2, 0.25) is 0 Å². The maximum absolute atomic E-state index is 10.5. The molecule has 0 fully saturated rings. The van der Waals surface area contributed by atoms with Crippen molar-refractivity contribution in [1.29, 1.82) is 0 Å². The second-order valence-corrected chi connectivity index (χ2v) is 16.4. The first-order valence-electron chi connectivity index (χ1n) is 23.3. The van der Waals surface area contributed by atoms with Gasteiger partial charge in [-0.2, -0.15) is 0 Å². The molecule has 0 aliphatic carbocycles. The predicted octanol–water partition coefficient (Wildman–Crippen LogP) is 9.95. The molecule has 4 unspecified atom stereocenters. The number of rotatable bonds is 38. The molecule has 9 heteroatoms. The quantitative estimate of drug-likeness (QED) is 0.0501. The van der Waals surface area contributed by atoms with Crippen molar-refractivity contribution in [3.05, 3.63) is 71.8 Å². The van der Waals surface area contributed by atoms with Crippen LogP contribution in [0.15, 0.2) is 60.7 Å². The number of aliphatic hydroxyl groups is 2. The molecule has 332 valence electrons. The Morgan fingerprint density at radius 1 is 0.458 bits per heavy atom. The van der Waals surface area contributed by atoms with Crippen molar-refractivity contribution >= 4 is 60.8 Å². The molecule has 0 spiro atoms. The fourth-order valence-electron chi connectivity index (χ4n) is 7.22. The first kappa shape index (κ1) is 57.8. The van der Waals surface area contributed by atoms with Gasteiger partial charge in [0, 0.05) is 11.9 Å². The van der Waals surface area contributed by atoms with Gasteiger partial charge in [0.1, 0.15) is 0 Å². The molecule has 0 radical (unpaired) electrons. The molecule has 0 amide bonds. The SMILES string of the molecule is CCCCCCCCCC(CCCCC(O)CCC(=O)[O-])OCc1ccccc1.CCCCCCCCCC(CCCCC(O)CCC(=O)[O-])OCc1ccccc1.[Ba+2]. The number of benzene rings is 2. The Labute approximate surface area is 400 Å². The van der Waals surface area contributed by atoms with Crippen LogP contribution in [0.25, 0.3) is 0 Å². The van der Waals surface area contributed by atoms with E-state index in [-0.39, 0.29) is 86.8 Å². The van der Waals surface area contributed by atoms with E-state index in [4.69, 9.17) is 9.47 Å². The number of hydrogen-bond acceptors (Lipinski definition) is 8. The van der Waals surface area contributed by atoms with Crippen molar-refractivity contribution in [2.75, 3.05) is 0 Å². The van der Waals surface area contributed by atoms with Crippen LogP contribution >= 0.6 is 0 Å². The van der Waals surface area contributed by atoms with E-state index in [0.717, 1.165) is 51.4 Å². The third-order valence-corrected chi connectivity index (χ3v) is 10.9. The van der Waals surface area contributed by atoms with Crippen LogP contribution in [0, 0.1) is 0 Å². The molecule has 2 aromatic carbocycles. The van der Waals surface area contributed by atoms with Gasteiger partial charge < -0.3 is 39.5 Å². The fraction of sp³-hybridized carbons (Fsp3) is 0.720. The normalized spacial score (nSPS) is 13.1. The van der Waals surface area contributed by atoms with Gasteiger partial charge in [-0.05, 0) is 75.3 Å². The van der Waals surface area contributed by atoms with Gasteiger partial charge in [0.2, 0.25) is 0 Å². The summed E-state index contributed by atoms with van der Waals surface area (Å²) in [4.78, 5) is 20.9. The number of carbonyl (C=O) groups is 2. The average Bonchev–Trinajstić information content (AvgIpc) is 3.23. The average molecular weight is 949 g/mol. The molecular formula is C50H82BaO8. The van der Waals surface area contributed by atoms with Crippen LogP contribution in [0.1, 0.15) is 205 Å². The third-order valence-electron chi connectivity index (χ3n) is 10.9. The number of carbonyl (C=O) groups excluding carboxylic acids is 2. The maximum Gasteiger partial charge on any atom is 2.00 e. The number of aliphatic carboxylic acids is 2. The van der Waals surface area contributed by atoms with Crippen LogP contribution < -0.4 is 10.2 Å². The first-order chi connectivity index (χ1) is 28.2.